The number of benzene rings is 1. The summed E-state index contributed by atoms with van der Waals surface area (Å²) in [6.07, 6.45) is 7.65. The number of nitrogens with one attached hydrogen (secondary N) is 1. The first-order valence-corrected chi connectivity index (χ1v) is 12.2. The first-order valence-electron chi connectivity index (χ1n) is 11.3. The van der Waals surface area contributed by atoms with Crippen LogP contribution in [0.4, 0.5) is 0 Å². The van der Waals surface area contributed by atoms with Crippen molar-refractivity contribution >= 4 is 29.2 Å². The SMILES string of the molecule is O=C(CN1CCN(C(=O)/C=C/c2cn(-c3ccccc3)nc2-c2cccs2)CC1)NC1CC1. The molecule has 2 aliphatic rings. The maximum Gasteiger partial charge on any atom is 0.246 e. The fourth-order valence-electron chi connectivity index (χ4n) is 3.92. The molecule has 2 aromatic heterocycles. The van der Waals surface area contributed by atoms with Crippen molar-refractivity contribution in [1.82, 2.24) is 24.9 Å². The lowest BCUT2D eigenvalue weighted by Crippen LogP contribution is -2.51. The summed E-state index contributed by atoms with van der Waals surface area (Å²) >= 11 is 1.63. The zero-order chi connectivity index (χ0) is 22.6. The summed E-state index contributed by atoms with van der Waals surface area (Å²) < 4.78 is 1.85. The maximum atomic E-state index is 12.8. The van der Waals surface area contributed by atoms with E-state index >= 15 is 0 Å². The molecular weight excluding hydrogens is 434 g/mol. The summed E-state index contributed by atoms with van der Waals surface area (Å²) in [6.45, 7) is 3.09. The molecule has 2 fully saturated rings. The van der Waals surface area contributed by atoms with Gasteiger partial charge >= 0.3 is 0 Å². The molecule has 0 atom stereocenters. The van der Waals surface area contributed by atoms with Gasteiger partial charge in [-0.2, -0.15) is 5.10 Å². The minimum atomic E-state index is -0.0123. The van der Waals surface area contributed by atoms with Crippen LogP contribution in [0.15, 0.2) is 60.1 Å². The second kappa shape index (κ2) is 9.72. The van der Waals surface area contributed by atoms with Crippen LogP contribution in [-0.2, 0) is 9.59 Å². The number of rotatable bonds is 7. The number of amides is 2. The molecule has 170 valence electrons. The molecule has 8 heteroatoms. The summed E-state index contributed by atoms with van der Waals surface area (Å²) in [5.41, 5.74) is 2.75. The van der Waals surface area contributed by atoms with Crippen molar-refractivity contribution in [3.05, 3.63) is 65.7 Å². The van der Waals surface area contributed by atoms with E-state index < -0.39 is 0 Å². The highest BCUT2D eigenvalue weighted by molar-refractivity contribution is 7.13. The van der Waals surface area contributed by atoms with Crippen LogP contribution < -0.4 is 5.32 Å². The van der Waals surface area contributed by atoms with Crippen molar-refractivity contribution in [3.63, 3.8) is 0 Å². The zero-order valence-corrected chi connectivity index (χ0v) is 19.2. The summed E-state index contributed by atoms with van der Waals surface area (Å²) in [5.74, 6) is 0.0791. The van der Waals surface area contributed by atoms with Crippen molar-refractivity contribution in [3.8, 4) is 16.3 Å². The molecule has 7 nitrogen and oxygen atoms in total. The highest BCUT2D eigenvalue weighted by Crippen LogP contribution is 2.28. The average Bonchev–Trinajstić information content (AvgIpc) is 3.31. The fraction of sp³-hybridized carbons (Fsp3) is 0.320. The molecule has 0 bridgehead atoms. The molecule has 1 N–H and O–H groups in total. The fourth-order valence-corrected chi connectivity index (χ4v) is 4.66. The van der Waals surface area contributed by atoms with E-state index in [-0.39, 0.29) is 11.8 Å². The van der Waals surface area contributed by atoms with Crippen LogP contribution in [0.25, 0.3) is 22.3 Å². The van der Waals surface area contributed by atoms with E-state index in [4.69, 9.17) is 5.10 Å². The molecule has 33 heavy (non-hydrogen) atoms. The van der Waals surface area contributed by atoms with Gasteiger partial charge in [0.05, 0.1) is 17.1 Å². The zero-order valence-electron chi connectivity index (χ0n) is 18.4. The molecule has 5 rings (SSSR count). The van der Waals surface area contributed by atoms with E-state index in [1.54, 1.807) is 17.4 Å². The Morgan fingerprint density at radius 3 is 2.55 bits per heavy atom. The predicted octanol–water partition coefficient (Wildman–Crippen LogP) is 3.04. The molecule has 0 unspecified atom stereocenters. The van der Waals surface area contributed by atoms with Crippen molar-refractivity contribution < 1.29 is 9.59 Å². The Bertz CT molecular complexity index is 1130. The number of carbonyl (C=O) groups excluding carboxylic acids is 2. The first-order chi connectivity index (χ1) is 16.2. The van der Waals surface area contributed by atoms with Gasteiger partial charge in [0.25, 0.3) is 0 Å². The molecule has 1 saturated heterocycles. The number of thiophene rings is 1. The molecule has 3 heterocycles. The Hall–Kier alpha value is -3.23. The van der Waals surface area contributed by atoms with Crippen molar-refractivity contribution in [2.24, 2.45) is 0 Å². The lowest BCUT2D eigenvalue weighted by molar-refractivity contribution is -0.128. The minimum Gasteiger partial charge on any atom is -0.352 e. The average molecular weight is 462 g/mol. The Kier molecular flexibility index (Phi) is 6.37. The second-order valence-corrected chi connectivity index (χ2v) is 9.41. The monoisotopic (exact) mass is 461 g/mol. The molecule has 1 aromatic carbocycles. The quantitative estimate of drug-likeness (QED) is 0.549. The summed E-state index contributed by atoms with van der Waals surface area (Å²) in [4.78, 5) is 29.9. The summed E-state index contributed by atoms with van der Waals surface area (Å²) in [6, 6.07) is 14.4. The van der Waals surface area contributed by atoms with Gasteiger partial charge in [0.15, 0.2) is 0 Å². The highest BCUT2D eigenvalue weighted by atomic mass is 32.1. The minimum absolute atomic E-state index is 0.0123. The number of hydrogen-bond acceptors (Lipinski definition) is 5. The van der Waals surface area contributed by atoms with Crippen LogP contribution in [0, 0.1) is 0 Å². The number of hydrogen-bond donors (Lipinski definition) is 1. The van der Waals surface area contributed by atoms with Gasteiger partial charge in [-0.15, -0.1) is 11.3 Å². The van der Waals surface area contributed by atoms with E-state index in [0.717, 1.165) is 34.7 Å². The number of aromatic nitrogens is 2. The van der Waals surface area contributed by atoms with Crippen LogP contribution >= 0.6 is 11.3 Å². The number of para-hydroxylation sites is 1. The van der Waals surface area contributed by atoms with E-state index in [9.17, 15) is 9.59 Å². The van der Waals surface area contributed by atoms with Gasteiger partial charge in [-0.3, -0.25) is 14.5 Å². The van der Waals surface area contributed by atoms with Crippen LogP contribution in [0.3, 0.4) is 0 Å². The lowest BCUT2D eigenvalue weighted by atomic mass is 10.2. The number of nitrogens with zero attached hydrogens (tertiary/aromatic N) is 4. The third-order valence-corrected chi connectivity index (χ3v) is 6.79. The van der Waals surface area contributed by atoms with Gasteiger partial charge in [0, 0.05) is 50.1 Å². The summed E-state index contributed by atoms with van der Waals surface area (Å²) in [7, 11) is 0. The van der Waals surface area contributed by atoms with Gasteiger partial charge in [-0.1, -0.05) is 24.3 Å². The van der Waals surface area contributed by atoms with Crippen molar-refractivity contribution in [2.75, 3.05) is 32.7 Å². The smallest absolute Gasteiger partial charge is 0.246 e. The third-order valence-electron chi connectivity index (χ3n) is 5.92. The Balaban J connectivity index is 1.24. The highest BCUT2D eigenvalue weighted by Gasteiger charge is 2.26. The van der Waals surface area contributed by atoms with Crippen LogP contribution in [0.1, 0.15) is 18.4 Å². The Morgan fingerprint density at radius 2 is 1.85 bits per heavy atom. The second-order valence-electron chi connectivity index (χ2n) is 8.47. The third kappa shape index (κ3) is 5.40. The van der Waals surface area contributed by atoms with Gasteiger partial charge in [-0.05, 0) is 42.5 Å². The molecule has 0 radical (unpaired) electrons. The molecular formula is C25H27N5O2S. The van der Waals surface area contributed by atoms with E-state index in [2.05, 4.69) is 10.2 Å². The topological polar surface area (TPSA) is 70.5 Å². The number of carbonyl (C=O) groups is 2. The first kappa shape index (κ1) is 21.6. The molecule has 1 saturated carbocycles. The molecule has 0 spiro atoms. The van der Waals surface area contributed by atoms with E-state index in [1.807, 2.05) is 69.7 Å². The molecule has 1 aliphatic carbocycles. The van der Waals surface area contributed by atoms with Crippen molar-refractivity contribution in [1.29, 1.82) is 0 Å². The molecule has 3 aromatic rings. The van der Waals surface area contributed by atoms with Crippen LogP contribution in [-0.4, -0.2) is 70.2 Å². The predicted molar refractivity (Wildman–Crippen MR) is 130 cm³/mol. The number of piperazine rings is 1. The van der Waals surface area contributed by atoms with Crippen LogP contribution in [0.2, 0.25) is 0 Å². The summed E-state index contributed by atoms with van der Waals surface area (Å²) in [5, 5.41) is 9.83. The van der Waals surface area contributed by atoms with Gasteiger partial charge in [0.2, 0.25) is 11.8 Å². The Morgan fingerprint density at radius 1 is 1.06 bits per heavy atom. The van der Waals surface area contributed by atoms with Gasteiger partial charge in [0.1, 0.15) is 5.69 Å². The van der Waals surface area contributed by atoms with Gasteiger partial charge < -0.3 is 10.2 Å². The normalized spacial score (nSPS) is 16.9. The standard InChI is InChI=1S/C25H27N5O2S/c31-23(26-20-9-10-20)18-28-12-14-29(15-13-28)24(32)11-8-19-17-30(21-5-2-1-3-6-21)27-25(19)22-7-4-16-33-22/h1-8,11,16-17,20H,9-10,12-15,18H2,(H,26,31)/b11-8+. The lowest BCUT2D eigenvalue weighted by Gasteiger charge is -2.33. The van der Waals surface area contributed by atoms with E-state index in [0.29, 0.717) is 38.8 Å². The molecule has 2 amide bonds. The molecule has 1 aliphatic heterocycles. The van der Waals surface area contributed by atoms with Gasteiger partial charge in [-0.25, -0.2) is 4.68 Å². The van der Waals surface area contributed by atoms with Crippen molar-refractivity contribution in [2.45, 2.75) is 18.9 Å². The Labute approximate surface area is 197 Å². The maximum absolute atomic E-state index is 12.8. The largest absolute Gasteiger partial charge is 0.352 e. The van der Waals surface area contributed by atoms with Crippen LogP contribution in [0.5, 0.6) is 0 Å². The van der Waals surface area contributed by atoms with E-state index in [1.165, 1.54) is 0 Å².